The lowest BCUT2D eigenvalue weighted by molar-refractivity contribution is -0.154. The number of allylic oxidation sites excluding steroid dienone is 2. The van der Waals surface area contributed by atoms with Crippen LogP contribution in [0.4, 0.5) is 0 Å². The van der Waals surface area contributed by atoms with Crippen LogP contribution in [0.5, 0.6) is 0 Å². The lowest BCUT2D eigenvalue weighted by Crippen LogP contribution is -2.72. The Bertz CT molecular complexity index is 1190. The Morgan fingerprint density at radius 2 is 2.06 bits per heavy atom. The number of rotatable bonds is 6. The van der Waals surface area contributed by atoms with Gasteiger partial charge in [-0.05, 0) is 30.9 Å². The number of aromatic nitrogens is 1. The fourth-order valence-corrected chi connectivity index (χ4v) is 4.67. The zero-order valence-corrected chi connectivity index (χ0v) is 19.0. The molecule has 2 atom stereocenters. The van der Waals surface area contributed by atoms with Crippen LogP contribution in [0.2, 0.25) is 0 Å². The summed E-state index contributed by atoms with van der Waals surface area (Å²) in [5.74, 6) is -1.68. The molecule has 2 aromatic rings. The summed E-state index contributed by atoms with van der Waals surface area (Å²) in [7, 11) is 6.65. The molecule has 3 heterocycles. The first-order valence-corrected chi connectivity index (χ1v) is 11.2. The van der Waals surface area contributed by atoms with Crippen LogP contribution >= 0.6 is 11.3 Å². The highest BCUT2D eigenvalue weighted by Crippen LogP contribution is 2.37. The molecule has 4 rings (SSSR count). The van der Waals surface area contributed by atoms with Crippen LogP contribution in [0.25, 0.3) is 6.08 Å². The SMILES string of the molecule is [B]OC(=O)C1=C(C=Cc2ccccc2)CCC2C(NC(=O)C(=NC)c3csc(C)n3)C(=O)N12. The molecule has 2 aliphatic rings. The molecule has 166 valence electrons. The van der Waals surface area contributed by atoms with Crippen molar-refractivity contribution in [1.29, 1.82) is 0 Å². The third kappa shape index (κ3) is 4.38. The smallest absolute Gasteiger partial charge is 0.378 e. The second-order valence-electron chi connectivity index (χ2n) is 7.61. The van der Waals surface area contributed by atoms with Gasteiger partial charge in [0.15, 0.2) is 0 Å². The average Bonchev–Trinajstić information content (AvgIpc) is 3.26. The van der Waals surface area contributed by atoms with E-state index in [-0.39, 0.29) is 17.5 Å². The highest BCUT2D eigenvalue weighted by Gasteiger charge is 2.53. The first-order valence-electron chi connectivity index (χ1n) is 10.3. The molecular weight excluding hydrogens is 439 g/mol. The maximum absolute atomic E-state index is 13.0. The number of hydrogen-bond acceptors (Lipinski definition) is 7. The third-order valence-electron chi connectivity index (χ3n) is 5.64. The van der Waals surface area contributed by atoms with Crippen molar-refractivity contribution in [3.8, 4) is 0 Å². The Balaban J connectivity index is 1.54. The summed E-state index contributed by atoms with van der Waals surface area (Å²) < 4.78 is 4.47. The van der Waals surface area contributed by atoms with Crippen molar-refractivity contribution in [2.75, 3.05) is 7.05 Å². The van der Waals surface area contributed by atoms with Crippen molar-refractivity contribution in [3.05, 3.63) is 69.3 Å². The zero-order chi connectivity index (χ0) is 23.5. The van der Waals surface area contributed by atoms with Gasteiger partial charge < -0.3 is 9.97 Å². The number of β-lactam (4-membered cyclic amide) rings is 1. The Morgan fingerprint density at radius 1 is 1.30 bits per heavy atom. The van der Waals surface area contributed by atoms with Gasteiger partial charge in [-0.2, -0.15) is 0 Å². The largest absolute Gasteiger partial charge is 0.539 e. The Hall–Kier alpha value is -3.53. The lowest BCUT2D eigenvalue weighted by Gasteiger charge is -2.50. The molecule has 10 heteroatoms. The molecule has 33 heavy (non-hydrogen) atoms. The van der Waals surface area contributed by atoms with Gasteiger partial charge in [-0.3, -0.25) is 19.5 Å². The zero-order valence-electron chi connectivity index (χ0n) is 18.1. The fraction of sp³-hybridized carbons (Fsp3) is 0.261. The number of thiazole rings is 1. The van der Waals surface area contributed by atoms with E-state index in [1.165, 1.54) is 23.3 Å². The number of aliphatic imine (C=N–C) groups is 1. The molecule has 2 radical (unpaired) electrons. The Morgan fingerprint density at radius 3 is 2.70 bits per heavy atom. The van der Waals surface area contributed by atoms with Gasteiger partial charge in [0.05, 0.1) is 11.0 Å². The van der Waals surface area contributed by atoms with Crippen molar-refractivity contribution in [3.63, 3.8) is 0 Å². The number of hydrogen-bond donors (Lipinski definition) is 1. The molecule has 0 spiro atoms. The van der Waals surface area contributed by atoms with Crippen LogP contribution in [0.3, 0.4) is 0 Å². The molecule has 0 aliphatic carbocycles. The molecule has 1 saturated heterocycles. The predicted molar refractivity (Wildman–Crippen MR) is 125 cm³/mol. The summed E-state index contributed by atoms with van der Waals surface area (Å²) >= 11 is 1.41. The summed E-state index contributed by atoms with van der Waals surface area (Å²) in [5.41, 5.74) is 2.33. The number of nitrogens with zero attached hydrogens (tertiary/aromatic N) is 3. The van der Waals surface area contributed by atoms with Crippen molar-refractivity contribution in [2.45, 2.75) is 31.8 Å². The van der Waals surface area contributed by atoms with Gasteiger partial charge in [0.25, 0.3) is 11.8 Å². The molecular formula is C23H21BN4O4S. The van der Waals surface area contributed by atoms with Crippen LogP contribution in [0, 0.1) is 6.92 Å². The van der Waals surface area contributed by atoms with E-state index in [0.29, 0.717) is 24.1 Å². The summed E-state index contributed by atoms with van der Waals surface area (Å²) in [6.07, 6.45) is 4.75. The van der Waals surface area contributed by atoms with E-state index in [0.717, 1.165) is 10.6 Å². The summed E-state index contributed by atoms with van der Waals surface area (Å²) in [6.45, 7) is 1.84. The van der Waals surface area contributed by atoms with Gasteiger partial charge in [-0.1, -0.05) is 42.5 Å². The van der Waals surface area contributed by atoms with E-state index >= 15 is 0 Å². The van der Waals surface area contributed by atoms with Crippen LogP contribution in [0.15, 0.2) is 58.1 Å². The molecule has 1 fully saturated rings. The summed E-state index contributed by atoms with van der Waals surface area (Å²) in [4.78, 5) is 48.0. The van der Waals surface area contributed by atoms with Gasteiger partial charge >= 0.3 is 14.0 Å². The van der Waals surface area contributed by atoms with Crippen molar-refractivity contribution >= 4 is 49.0 Å². The van der Waals surface area contributed by atoms with Crippen molar-refractivity contribution in [1.82, 2.24) is 15.2 Å². The monoisotopic (exact) mass is 460 g/mol. The standard InChI is InChI=1S/C23H21BN4O4S/c1-13-26-16(12-33-13)18(25-2)21(29)27-19-17-11-10-15(9-8-14-6-4-3-5-7-14)20(23(31)32-24)28(17)22(19)30/h3-9,12,17,19H,10-11H2,1-2H3,(H,27,29). The van der Waals surface area contributed by atoms with Gasteiger partial charge in [-0.15, -0.1) is 11.3 Å². The van der Waals surface area contributed by atoms with Gasteiger partial charge in [0.2, 0.25) is 0 Å². The van der Waals surface area contributed by atoms with Crippen LogP contribution in [0.1, 0.15) is 29.1 Å². The predicted octanol–water partition coefficient (Wildman–Crippen LogP) is 1.95. The van der Waals surface area contributed by atoms with Gasteiger partial charge in [0, 0.05) is 12.4 Å². The molecule has 2 amide bonds. The second kappa shape index (κ2) is 9.54. The molecule has 1 aromatic heterocycles. The van der Waals surface area contributed by atoms with E-state index in [2.05, 4.69) is 19.9 Å². The maximum Gasteiger partial charge on any atom is 0.378 e. The third-order valence-corrected chi connectivity index (χ3v) is 6.41. The first kappa shape index (κ1) is 22.7. The number of nitrogens with one attached hydrogen (secondary N) is 1. The molecule has 0 saturated carbocycles. The molecule has 0 bridgehead atoms. The lowest BCUT2D eigenvalue weighted by atomic mass is 9.83. The first-order chi connectivity index (χ1) is 15.9. The van der Waals surface area contributed by atoms with E-state index in [1.807, 2.05) is 43.3 Å². The van der Waals surface area contributed by atoms with Gasteiger partial charge in [-0.25, -0.2) is 9.78 Å². The number of carbonyl (C=O) groups excluding carboxylic acids is 3. The molecule has 2 unspecified atom stereocenters. The summed E-state index contributed by atoms with van der Waals surface area (Å²) in [5, 5.41) is 5.31. The van der Waals surface area contributed by atoms with Crippen molar-refractivity contribution in [2.24, 2.45) is 4.99 Å². The van der Waals surface area contributed by atoms with Crippen LogP contribution in [-0.2, 0) is 19.0 Å². The van der Waals surface area contributed by atoms with E-state index in [9.17, 15) is 14.4 Å². The van der Waals surface area contributed by atoms with Crippen LogP contribution < -0.4 is 5.32 Å². The number of benzene rings is 1. The molecule has 1 aromatic carbocycles. The van der Waals surface area contributed by atoms with E-state index in [4.69, 9.17) is 8.05 Å². The minimum Gasteiger partial charge on any atom is -0.539 e. The normalized spacial score (nSPS) is 20.5. The quantitative estimate of drug-likeness (QED) is 0.404. The van der Waals surface area contributed by atoms with Gasteiger partial charge in [0.1, 0.15) is 23.1 Å². The average molecular weight is 460 g/mol. The summed E-state index contributed by atoms with van der Waals surface area (Å²) in [6, 6.07) is 8.45. The van der Waals surface area contributed by atoms with E-state index in [1.54, 1.807) is 11.5 Å². The molecule has 1 N–H and O–H groups in total. The minimum absolute atomic E-state index is 0.107. The second-order valence-corrected chi connectivity index (χ2v) is 8.67. The highest BCUT2D eigenvalue weighted by molar-refractivity contribution is 7.09. The van der Waals surface area contributed by atoms with Crippen LogP contribution in [-0.4, -0.2) is 60.6 Å². The van der Waals surface area contributed by atoms with Crippen molar-refractivity contribution < 1.29 is 19.0 Å². The highest BCUT2D eigenvalue weighted by atomic mass is 32.1. The minimum atomic E-state index is -0.792. The Labute approximate surface area is 196 Å². The Kier molecular flexibility index (Phi) is 6.55. The molecule has 8 nitrogen and oxygen atoms in total. The number of carbonyl (C=O) groups is 3. The fourth-order valence-electron chi connectivity index (χ4n) is 4.07. The van der Waals surface area contributed by atoms with E-state index < -0.39 is 23.8 Å². The number of fused-ring (bicyclic) bond motifs is 1. The number of aryl methyl sites for hydroxylation is 1. The number of amides is 2. The topological polar surface area (TPSA) is 101 Å². The maximum atomic E-state index is 13.0. The molecule has 2 aliphatic heterocycles.